The van der Waals surface area contributed by atoms with Crippen molar-refractivity contribution < 1.29 is 14.3 Å². The number of fused-ring (bicyclic) bond motifs is 1. The molecule has 0 saturated carbocycles. The SMILES string of the molecule is O=Cc1cc2c(cc1[Se]Cc1ccccc1)OCO2. The zero-order valence-electron chi connectivity index (χ0n) is 10.2. The Labute approximate surface area is 117 Å². The number of carbonyl (C=O) groups excluding carboxylic acids is 1. The molecule has 4 heteroatoms. The molecule has 2 aromatic rings. The van der Waals surface area contributed by atoms with Crippen LogP contribution in [0.5, 0.6) is 11.5 Å². The molecule has 0 N–H and O–H groups in total. The van der Waals surface area contributed by atoms with Crippen molar-refractivity contribution in [1.29, 1.82) is 0 Å². The molecule has 0 radical (unpaired) electrons. The number of benzene rings is 2. The Balaban J connectivity index is 1.82. The number of ether oxygens (including phenoxy) is 2. The third-order valence-electron chi connectivity index (χ3n) is 2.87. The molecule has 1 aliphatic rings. The normalized spacial score (nSPS) is 12.4. The van der Waals surface area contributed by atoms with Crippen LogP contribution in [0.4, 0.5) is 0 Å². The van der Waals surface area contributed by atoms with Crippen LogP contribution < -0.4 is 13.9 Å². The fourth-order valence-corrected chi connectivity index (χ4v) is 3.94. The van der Waals surface area contributed by atoms with Gasteiger partial charge >= 0.3 is 117 Å². The van der Waals surface area contributed by atoms with Gasteiger partial charge in [0.25, 0.3) is 0 Å². The van der Waals surface area contributed by atoms with Crippen molar-refractivity contribution >= 4 is 25.7 Å². The van der Waals surface area contributed by atoms with Crippen molar-refractivity contribution in [2.75, 3.05) is 6.79 Å². The standard InChI is InChI=1S/C15H12O3Se/c16-8-12-6-13-14(18-10-17-13)7-15(12)19-9-11-4-2-1-3-5-11/h1-8H,9-10H2. The average Bonchev–Trinajstić information content (AvgIpc) is 2.92. The topological polar surface area (TPSA) is 35.5 Å². The molecular weight excluding hydrogens is 307 g/mol. The van der Waals surface area contributed by atoms with E-state index in [0.29, 0.717) is 11.3 Å². The fourth-order valence-electron chi connectivity index (χ4n) is 1.89. The molecule has 0 atom stereocenters. The zero-order valence-corrected chi connectivity index (χ0v) is 11.9. The van der Waals surface area contributed by atoms with E-state index in [-0.39, 0.29) is 21.7 Å². The first-order valence-electron chi connectivity index (χ1n) is 5.92. The second kappa shape index (κ2) is 5.47. The first kappa shape index (κ1) is 12.3. The van der Waals surface area contributed by atoms with Crippen LogP contribution in [0.25, 0.3) is 0 Å². The first-order chi connectivity index (χ1) is 9.36. The molecule has 0 aliphatic carbocycles. The molecular formula is C15H12O3Se. The summed E-state index contributed by atoms with van der Waals surface area (Å²) in [5, 5.41) is 0.967. The van der Waals surface area contributed by atoms with E-state index in [1.54, 1.807) is 6.07 Å². The number of aldehydes is 1. The van der Waals surface area contributed by atoms with Crippen LogP contribution in [-0.4, -0.2) is 28.0 Å². The molecule has 3 rings (SSSR count). The molecule has 1 heterocycles. The molecule has 0 spiro atoms. The molecule has 0 fully saturated rings. The maximum atomic E-state index is 11.2. The van der Waals surface area contributed by atoms with E-state index in [9.17, 15) is 4.79 Å². The van der Waals surface area contributed by atoms with Gasteiger partial charge in [-0.2, -0.15) is 0 Å². The van der Waals surface area contributed by atoms with E-state index in [1.165, 1.54) is 5.56 Å². The summed E-state index contributed by atoms with van der Waals surface area (Å²) < 4.78 is 11.7. The van der Waals surface area contributed by atoms with Gasteiger partial charge in [0.2, 0.25) is 0 Å². The summed E-state index contributed by atoms with van der Waals surface area (Å²) in [4.78, 5) is 11.2. The zero-order chi connectivity index (χ0) is 13.1. The third-order valence-corrected chi connectivity index (χ3v) is 5.27. The van der Waals surface area contributed by atoms with Crippen LogP contribution in [0.1, 0.15) is 15.9 Å². The summed E-state index contributed by atoms with van der Waals surface area (Å²) in [5.41, 5.74) is 2.00. The summed E-state index contributed by atoms with van der Waals surface area (Å²) in [5.74, 6) is 1.41. The second-order valence-electron chi connectivity index (χ2n) is 4.14. The maximum absolute atomic E-state index is 11.2. The second-order valence-corrected chi connectivity index (χ2v) is 6.27. The predicted molar refractivity (Wildman–Crippen MR) is 73.5 cm³/mol. The monoisotopic (exact) mass is 320 g/mol. The van der Waals surface area contributed by atoms with Gasteiger partial charge in [0.15, 0.2) is 0 Å². The molecule has 0 aromatic heterocycles. The van der Waals surface area contributed by atoms with Crippen molar-refractivity contribution in [1.82, 2.24) is 0 Å². The van der Waals surface area contributed by atoms with Gasteiger partial charge in [0, 0.05) is 0 Å². The van der Waals surface area contributed by atoms with Gasteiger partial charge in [0.05, 0.1) is 0 Å². The molecule has 1 aliphatic heterocycles. The summed E-state index contributed by atoms with van der Waals surface area (Å²) in [6.07, 6.45) is 0.893. The Morgan fingerprint density at radius 3 is 2.58 bits per heavy atom. The third kappa shape index (κ3) is 2.65. The predicted octanol–water partition coefficient (Wildman–Crippen LogP) is 1.76. The number of hydrogen-bond donors (Lipinski definition) is 0. The molecule has 0 saturated heterocycles. The van der Waals surface area contributed by atoms with Crippen LogP contribution in [0, 0.1) is 0 Å². The minimum atomic E-state index is 0.207. The van der Waals surface area contributed by atoms with Crippen molar-refractivity contribution in [3.63, 3.8) is 0 Å². The van der Waals surface area contributed by atoms with E-state index < -0.39 is 0 Å². The molecule has 0 amide bonds. The van der Waals surface area contributed by atoms with Crippen LogP contribution in [0.15, 0.2) is 42.5 Å². The molecule has 19 heavy (non-hydrogen) atoms. The van der Waals surface area contributed by atoms with Crippen molar-refractivity contribution in [3.05, 3.63) is 53.6 Å². The van der Waals surface area contributed by atoms with Gasteiger partial charge in [-0.25, -0.2) is 0 Å². The van der Waals surface area contributed by atoms with E-state index in [2.05, 4.69) is 12.1 Å². The molecule has 0 unspecified atom stereocenters. The quantitative estimate of drug-likeness (QED) is 0.636. The van der Waals surface area contributed by atoms with Gasteiger partial charge in [-0.05, 0) is 0 Å². The summed E-state index contributed by atoms with van der Waals surface area (Å²) in [6, 6.07) is 14.0. The number of rotatable bonds is 4. The number of carbonyl (C=O) groups is 1. The van der Waals surface area contributed by atoms with E-state index in [4.69, 9.17) is 9.47 Å². The minimum absolute atomic E-state index is 0.207. The van der Waals surface area contributed by atoms with Gasteiger partial charge in [-0.1, -0.05) is 0 Å². The van der Waals surface area contributed by atoms with E-state index >= 15 is 0 Å². The van der Waals surface area contributed by atoms with Crippen LogP contribution in [0.3, 0.4) is 0 Å². The van der Waals surface area contributed by atoms with Crippen LogP contribution in [-0.2, 0) is 5.32 Å². The molecule has 3 nitrogen and oxygen atoms in total. The Morgan fingerprint density at radius 1 is 1.11 bits per heavy atom. The Bertz CT molecular complexity index is 596. The molecule has 0 bridgehead atoms. The summed E-state index contributed by atoms with van der Waals surface area (Å²) in [7, 11) is 0. The summed E-state index contributed by atoms with van der Waals surface area (Å²) in [6.45, 7) is 0.239. The van der Waals surface area contributed by atoms with Crippen molar-refractivity contribution in [2.45, 2.75) is 5.32 Å². The van der Waals surface area contributed by atoms with Crippen molar-refractivity contribution in [3.8, 4) is 11.5 Å². The fraction of sp³-hybridized carbons (Fsp3) is 0.133. The van der Waals surface area contributed by atoms with Gasteiger partial charge in [-0.3, -0.25) is 0 Å². The van der Waals surface area contributed by atoms with Gasteiger partial charge in [-0.15, -0.1) is 0 Å². The number of hydrogen-bond acceptors (Lipinski definition) is 3. The first-order valence-corrected chi connectivity index (χ1v) is 7.99. The average molecular weight is 319 g/mol. The van der Waals surface area contributed by atoms with Crippen molar-refractivity contribution in [2.24, 2.45) is 0 Å². The van der Waals surface area contributed by atoms with E-state index in [0.717, 1.165) is 21.8 Å². The van der Waals surface area contributed by atoms with Gasteiger partial charge in [0.1, 0.15) is 0 Å². The van der Waals surface area contributed by atoms with E-state index in [1.807, 2.05) is 24.3 Å². The summed E-state index contributed by atoms with van der Waals surface area (Å²) >= 11 is 0.207. The van der Waals surface area contributed by atoms with Crippen LogP contribution in [0.2, 0.25) is 0 Å². The van der Waals surface area contributed by atoms with Crippen LogP contribution >= 0.6 is 0 Å². The Kier molecular flexibility index (Phi) is 3.53. The van der Waals surface area contributed by atoms with Gasteiger partial charge < -0.3 is 0 Å². The molecule has 96 valence electrons. The molecule has 2 aromatic carbocycles. The Morgan fingerprint density at radius 2 is 1.84 bits per heavy atom. The Hall–Kier alpha value is -1.77.